The molecule has 25 heavy (non-hydrogen) atoms. The van der Waals surface area contributed by atoms with Crippen molar-refractivity contribution in [3.63, 3.8) is 0 Å². The average molecular weight is 341 g/mol. The fourth-order valence-electron chi connectivity index (χ4n) is 2.90. The normalized spacial score (nSPS) is 16.8. The summed E-state index contributed by atoms with van der Waals surface area (Å²) in [7, 11) is 0. The van der Waals surface area contributed by atoms with E-state index in [2.05, 4.69) is 17.4 Å². The van der Waals surface area contributed by atoms with Crippen molar-refractivity contribution in [1.29, 1.82) is 0 Å². The van der Waals surface area contributed by atoms with Gasteiger partial charge in [-0.1, -0.05) is 24.3 Å². The van der Waals surface area contributed by atoms with Crippen molar-refractivity contribution < 1.29 is 14.2 Å². The molecule has 2 aromatic rings. The van der Waals surface area contributed by atoms with Gasteiger partial charge in [0.25, 0.3) is 0 Å². The monoisotopic (exact) mass is 341 g/mol. The van der Waals surface area contributed by atoms with E-state index in [9.17, 15) is 0 Å². The second-order valence-corrected chi connectivity index (χ2v) is 6.61. The molecule has 1 aliphatic heterocycles. The van der Waals surface area contributed by atoms with E-state index in [0.29, 0.717) is 6.61 Å². The molecule has 0 spiro atoms. The third-order valence-electron chi connectivity index (χ3n) is 4.09. The number of nitrogens with one attached hydrogen (secondary N) is 1. The molecule has 1 atom stereocenters. The van der Waals surface area contributed by atoms with Crippen LogP contribution < -0.4 is 14.8 Å². The largest absolute Gasteiger partial charge is 0.491 e. The Morgan fingerprint density at radius 2 is 2.04 bits per heavy atom. The van der Waals surface area contributed by atoms with E-state index in [0.717, 1.165) is 43.2 Å². The number of anilines is 1. The maximum absolute atomic E-state index is 5.97. The average Bonchev–Trinajstić information content (AvgIpc) is 3.12. The van der Waals surface area contributed by atoms with Gasteiger partial charge in [0.05, 0.1) is 17.9 Å². The van der Waals surface area contributed by atoms with Crippen molar-refractivity contribution in [2.45, 2.75) is 45.4 Å². The summed E-state index contributed by atoms with van der Waals surface area (Å²) in [5.41, 5.74) is 2.17. The molecule has 0 aliphatic carbocycles. The van der Waals surface area contributed by atoms with Gasteiger partial charge in [0.15, 0.2) is 0 Å². The van der Waals surface area contributed by atoms with Gasteiger partial charge in [0.1, 0.15) is 18.1 Å². The van der Waals surface area contributed by atoms with Gasteiger partial charge >= 0.3 is 0 Å². The van der Waals surface area contributed by atoms with Crippen LogP contribution in [0.3, 0.4) is 0 Å². The van der Waals surface area contributed by atoms with Gasteiger partial charge in [0, 0.05) is 13.2 Å². The number of hydrogen-bond acceptors (Lipinski definition) is 4. The van der Waals surface area contributed by atoms with Gasteiger partial charge in [-0.05, 0) is 56.5 Å². The Balaban J connectivity index is 1.59. The molecule has 0 saturated carbocycles. The van der Waals surface area contributed by atoms with Crippen LogP contribution in [-0.2, 0) is 11.3 Å². The highest BCUT2D eigenvalue weighted by atomic mass is 16.5. The SMILES string of the molecule is CC(C)Oc1cccc(CNc2ccccc2OCC2CCCO2)c1. The Labute approximate surface area is 150 Å². The van der Waals surface area contributed by atoms with Crippen molar-refractivity contribution in [2.24, 2.45) is 0 Å². The molecule has 4 heteroatoms. The lowest BCUT2D eigenvalue weighted by molar-refractivity contribution is 0.0682. The lowest BCUT2D eigenvalue weighted by atomic mass is 10.2. The van der Waals surface area contributed by atoms with Gasteiger partial charge in [-0.25, -0.2) is 0 Å². The summed E-state index contributed by atoms with van der Waals surface area (Å²) in [4.78, 5) is 0. The fourth-order valence-corrected chi connectivity index (χ4v) is 2.90. The molecule has 0 radical (unpaired) electrons. The van der Waals surface area contributed by atoms with Crippen LogP contribution in [0, 0.1) is 0 Å². The number of ether oxygens (including phenoxy) is 3. The van der Waals surface area contributed by atoms with Crippen LogP contribution in [0.2, 0.25) is 0 Å². The van der Waals surface area contributed by atoms with Crippen LogP contribution >= 0.6 is 0 Å². The molecular formula is C21H27NO3. The summed E-state index contributed by atoms with van der Waals surface area (Å²) in [6.07, 6.45) is 2.61. The summed E-state index contributed by atoms with van der Waals surface area (Å²) in [6, 6.07) is 16.2. The molecular weight excluding hydrogens is 314 g/mol. The van der Waals surface area contributed by atoms with Gasteiger partial charge in [0.2, 0.25) is 0 Å². The predicted molar refractivity (Wildman–Crippen MR) is 100 cm³/mol. The molecule has 1 N–H and O–H groups in total. The zero-order valence-electron chi connectivity index (χ0n) is 15.0. The highest BCUT2D eigenvalue weighted by Crippen LogP contribution is 2.26. The molecule has 1 aliphatic rings. The summed E-state index contributed by atoms with van der Waals surface area (Å²) in [6.45, 7) is 6.24. The highest BCUT2D eigenvalue weighted by Gasteiger charge is 2.16. The Morgan fingerprint density at radius 1 is 1.16 bits per heavy atom. The van der Waals surface area contributed by atoms with Gasteiger partial charge in [-0.3, -0.25) is 0 Å². The summed E-state index contributed by atoms with van der Waals surface area (Å²) in [5.74, 6) is 1.77. The summed E-state index contributed by atoms with van der Waals surface area (Å²) >= 11 is 0. The molecule has 4 nitrogen and oxygen atoms in total. The molecule has 134 valence electrons. The van der Waals surface area contributed by atoms with E-state index in [4.69, 9.17) is 14.2 Å². The summed E-state index contributed by atoms with van der Waals surface area (Å²) in [5, 5.41) is 3.46. The molecule has 0 bridgehead atoms. The molecule has 2 aromatic carbocycles. The second kappa shape index (κ2) is 8.77. The lowest BCUT2D eigenvalue weighted by Crippen LogP contribution is -2.16. The molecule has 1 heterocycles. The standard InChI is InChI=1S/C21H27NO3/c1-16(2)25-18-8-5-7-17(13-18)14-22-20-10-3-4-11-21(20)24-15-19-9-6-12-23-19/h3-5,7-8,10-11,13,16,19,22H,6,9,12,14-15H2,1-2H3. The van der Waals surface area contributed by atoms with E-state index < -0.39 is 0 Å². The van der Waals surface area contributed by atoms with E-state index in [1.807, 2.05) is 50.2 Å². The predicted octanol–water partition coefficient (Wildman–Crippen LogP) is 4.64. The summed E-state index contributed by atoms with van der Waals surface area (Å²) < 4.78 is 17.4. The second-order valence-electron chi connectivity index (χ2n) is 6.61. The quantitative estimate of drug-likeness (QED) is 0.759. The van der Waals surface area contributed by atoms with Crippen LogP contribution in [-0.4, -0.2) is 25.4 Å². The van der Waals surface area contributed by atoms with Gasteiger partial charge < -0.3 is 19.5 Å². The first-order chi connectivity index (χ1) is 12.2. The number of hydrogen-bond donors (Lipinski definition) is 1. The van der Waals surface area contributed by atoms with Crippen LogP contribution in [0.1, 0.15) is 32.3 Å². The highest BCUT2D eigenvalue weighted by molar-refractivity contribution is 5.56. The zero-order chi connectivity index (χ0) is 17.5. The van der Waals surface area contributed by atoms with E-state index >= 15 is 0 Å². The Kier molecular flexibility index (Phi) is 6.18. The Bertz CT molecular complexity index is 666. The fraction of sp³-hybridized carbons (Fsp3) is 0.429. The maximum Gasteiger partial charge on any atom is 0.142 e. The van der Waals surface area contributed by atoms with Crippen molar-refractivity contribution >= 4 is 5.69 Å². The first-order valence-corrected chi connectivity index (χ1v) is 9.03. The van der Waals surface area contributed by atoms with E-state index in [1.54, 1.807) is 0 Å². The number of para-hydroxylation sites is 2. The van der Waals surface area contributed by atoms with Gasteiger partial charge in [-0.2, -0.15) is 0 Å². The smallest absolute Gasteiger partial charge is 0.142 e. The van der Waals surface area contributed by atoms with E-state index in [-0.39, 0.29) is 12.2 Å². The Hall–Kier alpha value is -2.20. The minimum absolute atomic E-state index is 0.176. The third kappa shape index (κ3) is 5.40. The molecule has 0 aromatic heterocycles. The lowest BCUT2D eigenvalue weighted by Gasteiger charge is -2.16. The van der Waals surface area contributed by atoms with Crippen LogP contribution in [0.15, 0.2) is 48.5 Å². The number of rotatable bonds is 8. The Morgan fingerprint density at radius 3 is 2.84 bits per heavy atom. The van der Waals surface area contributed by atoms with E-state index in [1.165, 1.54) is 5.56 Å². The topological polar surface area (TPSA) is 39.7 Å². The maximum atomic E-state index is 5.97. The molecule has 1 fully saturated rings. The van der Waals surface area contributed by atoms with Crippen molar-refractivity contribution in [2.75, 3.05) is 18.5 Å². The van der Waals surface area contributed by atoms with Crippen molar-refractivity contribution in [1.82, 2.24) is 0 Å². The minimum atomic E-state index is 0.176. The first-order valence-electron chi connectivity index (χ1n) is 9.03. The molecule has 1 unspecified atom stereocenters. The minimum Gasteiger partial charge on any atom is -0.491 e. The van der Waals surface area contributed by atoms with Crippen LogP contribution in [0.5, 0.6) is 11.5 Å². The van der Waals surface area contributed by atoms with Crippen molar-refractivity contribution in [3.05, 3.63) is 54.1 Å². The number of benzene rings is 2. The van der Waals surface area contributed by atoms with Crippen LogP contribution in [0.25, 0.3) is 0 Å². The van der Waals surface area contributed by atoms with Gasteiger partial charge in [-0.15, -0.1) is 0 Å². The van der Waals surface area contributed by atoms with Crippen molar-refractivity contribution in [3.8, 4) is 11.5 Å². The first kappa shape index (κ1) is 17.6. The zero-order valence-corrected chi connectivity index (χ0v) is 15.0. The molecule has 3 rings (SSSR count). The molecule has 1 saturated heterocycles. The van der Waals surface area contributed by atoms with Crippen LogP contribution in [0.4, 0.5) is 5.69 Å². The molecule has 0 amide bonds. The third-order valence-corrected chi connectivity index (χ3v) is 4.09.